The molecule has 0 bridgehead atoms. The molecule has 186 valence electrons. The lowest BCUT2D eigenvalue weighted by molar-refractivity contribution is -0.152. The van der Waals surface area contributed by atoms with Crippen molar-refractivity contribution in [2.45, 2.75) is 63.5 Å². The van der Waals surface area contributed by atoms with Crippen LogP contribution in [-0.2, 0) is 25.4 Å². The van der Waals surface area contributed by atoms with E-state index in [0.717, 1.165) is 44.9 Å². The van der Waals surface area contributed by atoms with Crippen molar-refractivity contribution in [1.29, 1.82) is 0 Å². The second-order valence-electron chi connectivity index (χ2n) is 9.21. The summed E-state index contributed by atoms with van der Waals surface area (Å²) in [5.41, 5.74) is 1.94. The summed E-state index contributed by atoms with van der Waals surface area (Å²) in [5.74, 6) is -0.811. The molecule has 7 nitrogen and oxygen atoms in total. The van der Waals surface area contributed by atoms with Gasteiger partial charge in [0, 0.05) is 0 Å². The maximum absolute atomic E-state index is 13.0. The van der Waals surface area contributed by atoms with Gasteiger partial charge in [-0.1, -0.05) is 61.7 Å². The van der Waals surface area contributed by atoms with Crippen molar-refractivity contribution < 1.29 is 28.6 Å². The molecule has 1 aliphatic heterocycles. The van der Waals surface area contributed by atoms with Crippen LogP contribution in [0.3, 0.4) is 0 Å². The number of hydrogen-bond acceptors (Lipinski definition) is 6. The second kappa shape index (κ2) is 11.9. The summed E-state index contributed by atoms with van der Waals surface area (Å²) in [6.07, 6.45) is 6.04. The Balaban J connectivity index is 1.51. The van der Waals surface area contributed by atoms with Crippen LogP contribution >= 0.6 is 0 Å². The number of para-hydroxylation sites is 1. The molecule has 0 N–H and O–H groups in total. The number of carbonyl (C=O) groups excluding carboxylic acids is 3. The average Bonchev–Trinajstić information content (AvgIpc) is 3.22. The zero-order valence-corrected chi connectivity index (χ0v) is 20.2. The van der Waals surface area contributed by atoms with Gasteiger partial charge in [0.25, 0.3) is 0 Å². The Morgan fingerprint density at radius 2 is 1.71 bits per heavy atom. The zero-order chi connectivity index (χ0) is 24.6. The number of esters is 2. The fourth-order valence-corrected chi connectivity index (χ4v) is 5.05. The van der Waals surface area contributed by atoms with E-state index < -0.39 is 18.2 Å². The van der Waals surface area contributed by atoms with Crippen LogP contribution in [0.1, 0.15) is 60.9 Å². The van der Waals surface area contributed by atoms with E-state index >= 15 is 0 Å². The van der Waals surface area contributed by atoms with Crippen molar-refractivity contribution in [3.05, 3.63) is 65.7 Å². The van der Waals surface area contributed by atoms with E-state index in [1.54, 1.807) is 24.3 Å². The molecule has 0 radical (unpaired) electrons. The normalized spacial score (nSPS) is 20.4. The summed E-state index contributed by atoms with van der Waals surface area (Å²) in [5, 5.41) is 0. The third kappa shape index (κ3) is 6.02. The second-order valence-corrected chi connectivity index (χ2v) is 9.21. The lowest BCUT2D eigenvalue weighted by Crippen LogP contribution is -2.40. The van der Waals surface area contributed by atoms with Crippen LogP contribution in [-0.4, -0.2) is 43.9 Å². The van der Waals surface area contributed by atoms with Gasteiger partial charge in [0.15, 0.2) is 6.10 Å². The summed E-state index contributed by atoms with van der Waals surface area (Å²) in [6, 6.07) is 16.6. The molecule has 35 heavy (non-hydrogen) atoms. The highest BCUT2D eigenvalue weighted by Gasteiger charge is 2.44. The number of ether oxygens (including phenoxy) is 3. The predicted octanol–water partition coefficient (Wildman–Crippen LogP) is 5.31. The molecule has 1 heterocycles. The number of anilines is 1. The largest absolute Gasteiger partial charge is 0.465 e. The molecule has 0 unspecified atom stereocenters. The molecule has 1 saturated heterocycles. The molecule has 2 aromatic carbocycles. The summed E-state index contributed by atoms with van der Waals surface area (Å²) in [4.78, 5) is 39.6. The van der Waals surface area contributed by atoms with Gasteiger partial charge in [0.05, 0.1) is 30.3 Å². The van der Waals surface area contributed by atoms with Gasteiger partial charge >= 0.3 is 18.0 Å². The molecule has 7 heteroatoms. The van der Waals surface area contributed by atoms with Crippen LogP contribution < -0.4 is 4.90 Å². The van der Waals surface area contributed by atoms with Gasteiger partial charge in [-0.25, -0.2) is 9.59 Å². The molecule has 0 spiro atoms. The summed E-state index contributed by atoms with van der Waals surface area (Å²) in [7, 11) is 1.31. The predicted molar refractivity (Wildman–Crippen MR) is 131 cm³/mol. The van der Waals surface area contributed by atoms with Gasteiger partial charge in [-0.2, -0.15) is 0 Å². The smallest absolute Gasteiger partial charge is 0.415 e. The van der Waals surface area contributed by atoms with E-state index in [0.29, 0.717) is 17.7 Å². The third-order valence-corrected chi connectivity index (χ3v) is 6.92. The van der Waals surface area contributed by atoms with Gasteiger partial charge in [0.2, 0.25) is 0 Å². The number of rotatable bonds is 9. The van der Waals surface area contributed by atoms with Gasteiger partial charge in [-0.05, 0) is 49.8 Å². The van der Waals surface area contributed by atoms with E-state index in [9.17, 15) is 14.4 Å². The van der Waals surface area contributed by atoms with Gasteiger partial charge in [-0.15, -0.1) is 0 Å². The third-order valence-electron chi connectivity index (χ3n) is 6.92. The highest BCUT2D eigenvalue weighted by molar-refractivity contribution is 6.01. The van der Waals surface area contributed by atoms with Crippen LogP contribution in [0, 0.1) is 5.92 Å². The number of amides is 1. The van der Waals surface area contributed by atoms with Crippen molar-refractivity contribution in [2.24, 2.45) is 5.92 Å². The SMILES string of the molecule is COC(=O)c1ccccc1N1C(=O)O[C@H](COC(=O)C2CCCCC2)[C@H]1CCCc1ccccc1. The maximum Gasteiger partial charge on any atom is 0.415 e. The zero-order valence-electron chi connectivity index (χ0n) is 20.2. The first-order valence-corrected chi connectivity index (χ1v) is 12.5. The van der Waals surface area contributed by atoms with Crippen molar-refractivity contribution in [2.75, 3.05) is 18.6 Å². The standard InChI is InChI=1S/C28H33NO6/c1-33-27(31)22-16-8-9-17-23(22)29-24(18-10-13-20-11-4-2-5-12-20)25(35-28(29)32)19-34-26(30)21-14-6-3-7-15-21/h2,4-5,8-9,11-12,16-17,21,24-25H,3,6-7,10,13-15,18-19H2,1H3/t24-,25-/m1/s1. The van der Waals surface area contributed by atoms with E-state index in [-0.39, 0.29) is 24.5 Å². The molecule has 2 aromatic rings. The Morgan fingerprint density at radius 1 is 1.00 bits per heavy atom. The first-order chi connectivity index (χ1) is 17.1. The molecule has 1 amide bonds. The molecule has 1 saturated carbocycles. The van der Waals surface area contributed by atoms with Gasteiger partial charge in [0.1, 0.15) is 6.61 Å². The van der Waals surface area contributed by atoms with E-state index in [4.69, 9.17) is 14.2 Å². The topological polar surface area (TPSA) is 82.1 Å². The quantitative estimate of drug-likeness (QED) is 0.358. The van der Waals surface area contributed by atoms with E-state index in [1.807, 2.05) is 18.2 Å². The minimum Gasteiger partial charge on any atom is -0.465 e. The highest BCUT2D eigenvalue weighted by Crippen LogP contribution is 2.33. The number of hydrogen-bond donors (Lipinski definition) is 0. The Kier molecular flexibility index (Phi) is 8.40. The van der Waals surface area contributed by atoms with Crippen molar-refractivity contribution in [3.63, 3.8) is 0 Å². The molecule has 2 fully saturated rings. The average molecular weight is 480 g/mol. The molecular weight excluding hydrogens is 446 g/mol. The van der Waals surface area contributed by atoms with Crippen molar-refractivity contribution >= 4 is 23.7 Å². The number of nitrogens with zero attached hydrogens (tertiary/aromatic N) is 1. The van der Waals surface area contributed by atoms with Crippen LogP contribution in [0.25, 0.3) is 0 Å². The number of aryl methyl sites for hydroxylation is 1. The Morgan fingerprint density at radius 3 is 2.46 bits per heavy atom. The monoisotopic (exact) mass is 479 g/mol. The fraction of sp³-hybridized carbons (Fsp3) is 0.464. The molecular formula is C28H33NO6. The summed E-state index contributed by atoms with van der Waals surface area (Å²) in [6.45, 7) is 0.00790. The van der Waals surface area contributed by atoms with Crippen LogP contribution in [0.5, 0.6) is 0 Å². The molecule has 2 aliphatic rings. The lowest BCUT2D eigenvalue weighted by Gasteiger charge is -2.26. The summed E-state index contributed by atoms with van der Waals surface area (Å²) >= 11 is 0. The number of benzene rings is 2. The van der Waals surface area contributed by atoms with Crippen LogP contribution in [0.4, 0.5) is 10.5 Å². The number of carbonyl (C=O) groups is 3. The number of methoxy groups -OCH3 is 1. The minimum atomic E-state index is -0.614. The van der Waals surface area contributed by atoms with E-state index in [2.05, 4.69) is 12.1 Å². The van der Waals surface area contributed by atoms with Crippen LogP contribution in [0.2, 0.25) is 0 Å². The molecule has 1 aliphatic carbocycles. The lowest BCUT2D eigenvalue weighted by atomic mass is 9.89. The number of cyclic esters (lactones) is 1. The van der Waals surface area contributed by atoms with Crippen molar-refractivity contribution in [1.82, 2.24) is 0 Å². The fourth-order valence-electron chi connectivity index (χ4n) is 5.05. The highest BCUT2D eigenvalue weighted by atomic mass is 16.6. The molecule has 2 atom stereocenters. The molecule has 4 rings (SSSR count). The first-order valence-electron chi connectivity index (χ1n) is 12.5. The molecule has 0 aromatic heterocycles. The maximum atomic E-state index is 13.0. The Bertz CT molecular complexity index is 1020. The van der Waals surface area contributed by atoms with E-state index in [1.165, 1.54) is 17.6 Å². The van der Waals surface area contributed by atoms with Gasteiger partial charge in [-0.3, -0.25) is 9.69 Å². The van der Waals surface area contributed by atoms with Crippen molar-refractivity contribution in [3.8, 4) is 0 Å². The summed E-state index contributed by atoms with van der Waals surface area (Å²) < 4.78 is 16.3. The first kappa shape index (κ1) is 24.8. The Hall–Kier alpha value is -3.35. The Labute approximate surface area is 206 Å². The van der Waals surface area contributed by atoms with Gasteiger partial charge < -0.3 is 14.2 Å². The minimum absolute atomic E-state index is 0.00790. The van der Waals surface area contributed by atoms with Crippen LogP contribution in [0.15, 0.2) is 54.6 Å².